The molecule has 0 radical (unpaired) electrons. The number of nitrogens with zero attached hydrogens (tertiary/aromatic N) is 3. The fraction of sp³-hybridized carbons (Fsp3) is 0.824. The van der Waals surface area contributed by atoms with Crippen LogP contribution < -0.4 is 5.32 Å². The summed E-state index contributed by atoms with van der Waals surface area (Å²) < 4.78 is 2.03. The Morgan fingerprint density at radius 2 is 1.95 bits per heavy atom. The topological polar surface area (TPSA) is 33.1 Å². The summed E-state index contributed by atoms with van der Waals surface area (Å²) in [6, 6.07) is 0.661. The lowest BCUT2D eigenvalue weighted by molar-refractivity contribution is 0.187. The molecule has 1 unspecified atom stereocenters. The molecule has 4 nitrogen and oxygen atoms in total. The molecule has 1 aliphatic heterocycles. The first kappa shape index (κ1) is 17.8. The Labute approximate surface area is 141 Å². The molecule has 1 N–H and O–H groups in total. The van der Waals surface area contributed by atoms with E-state index in [0.29, 0.717) is 12.0 Å². The highest BCUT2D eigenvalue weighted by atomic mass is 35.5. The van der Waals surface area contributed by atoms with Crippen molar-refractivity contribution in [1.82, 2.24) is 20.0 Å². The number of likely N-dealkylation sites (tertiary alicyclic amines) is 1. The Bertz CT molecular complexity index is 454. The number of likely N-dealkylation sites (N-methyl/N-ethyl adjacent to an activating group) is 1. The van der Waals surface area contributed by atoms with Gasteiger partial charge in [-0.1, -0.05) is 19.3 Å². The van der Waals surface area contributed by atoms with Gasteiger partial charge in [0.05, 0.1) is 5.69 Å². The molecule has 126 valence electrons. The van der Waals surface area contributed by atoms with Crippen LogP contribution in [0, 0.1) is 0 Å². The van der Waals surface area contributed by atoms with E-state index in [4.69, 9.17) is 5.10 Å². The van der Waals surface area contributed by atoms with Crippen LogP contribution in [0.4, 0.5) is 0 Å². The van der Waals surface area contributed by atoms with Crippen LogP contribution in [0.3, 0.4) is 0 Å². The number of rotatable bonds is 4. The molecular weight excluding hydrogens is 296 g/mol. The summed E-state index contributed by atoms with van der Waals surface area (Å²) in [6.07, 6.45) is 11.7. The second-order valence-electron chi connectivity index (χ2n) is 6.91. The SMILES string of the molecule is CNC1CCCN(Cc2cn(C)nc2C2CCCCC2)C1.Cl. The lowest BCUT2D eigenvalue weighted by Crippen LogP contribution is -2.43. The normalized spacial score (nSPS) is 24.2. The first-order valence-electron chi connectivity index (χ1n) is 8.68. The Kier molecular flexibility index (Phi) is 6.72. The van der Waals surface area contributed by atoms with Crippen LogP contribution in [-0.2, 0) is 13.6 Å². The number of hydrogen-bond donors (Lipinski definition) is 1. The third-order valence-corrected chi connectivity index (χ3v) is 5.24. The molecule has 1 saturated carbocycles. The maximum atomic E-state index is 4.81. The average molecular weight is 327 g/mol. The van der Waals surface area contributed by atoms with Crippen molar-refractivity contribution in [3.63, 3.8) is 0 Å². The van der Waals surface area contributed by atoms with Crippen molar-refractivity contribution >= 4 is 12.4 Å². The number of aryl methyl sites for hydroxylation is 1. The van der Waals surface area contributed by atoms with E-state index in [1.54, 1.807) is 0 Å². The number of piperidine rings is 1. The van der Waals surface area contributed by atoms with Crippen molar-refractivity contribution in [2.75, 3.05) is 20.1 Å². The molecule has 5 heteroatoms. The van der Waals surface area contributed by atoms with Crippen molar-refractivity contribution in [3.05, 3.63) is 17.5 Å². The van der Waals surface area contributed by atoms with Crippen LogP contribution in [0.5, 0.6) is 0 Å². The monoisotopic (exact) mass is 326 g/mol. The second-order valence-corrected chi connectivity index (χ2v) is 6.91. The van der Waals surface area contributed by atoms with Gasteiger partial charge in [0.25, 0.3) is 0 Å². The molecule has 22 heavy (non-hydrogen) atoms. The number of aromatic nitrogens is 2. The van der Waals surface area contributed by atoms with Crippen molar-refractivity contribution < 1.29 is 0 Å². The maximum Gasteiger partial charge on any atom is 0.0700 e. The van der Waals surface area contributed by atoms with Gasteiger partial charge >= 0.3 is 0 Å². The quantitative estimate of drug-likeness (QED) is 0.923. The van der Waals surface area contributed by atoms with Crippen LogP contribution in [-0.4, -0.2) is 40.9 Å². The Morgan fingerprint density at radius 1 is 1.18 bits per heavy atom. The van der Waals surface area contributed by atoms with Crippen molar-refractivity contribution in [2.24, 2.45) is 7.05 Å². The smallest absolute Gasteiger partial charge is 0.0700 e. The third-order valence-electron chi connectivity index (χ3n) is 5.24. The number of halogens is 1. The van der Waals surface area contributed by atoms with Crippen LogP contribution in [0.2, 0.25) is 0 Å². The Balaban J connectivity index is 0.00000176. The van der Waals surface area contributed by atoms with E-state index in [0.717, 1.165) is 6.54 Å². The predicted molar refractivity (Wildman–Crippen MR) is 93.6 cm³/mol. The van der Waals surface area contributed by atoms with E-state index in [-0.39, 0.29) is 12.4 Å². The fourth-order valence-electron chi connectivity index (χ4n) is 4.07. The van der Waals surface area contributed by atoms with Gasteiger partial charge in [0.1, 0.15) is 0 Å². The van der Waals surface area contributed by atoms with Crippen molar-refractivity contribution in [3.8, 4) is 0 Å². The van der Waals surface area contributed by atoms with Crippen LogP contribution in [0.15, 0.2) is 6.20 Å². The molecule has 3 rings (SSSR count). The largest absolute Gasteiger partial charge is 0.316 e. The average Bonchev–Trinajstić information content (AvgIpc) is 2.89. The molecule has 1 atom stereocenters. The molecule has 1 aliphatic carbocycles. The van der Waals surface area contributed by atoms with E-state index < -0.39 is 0 Å². The molecule has 0 spiro atoms. The maximum absolute atomic E-state index is 4.81. The molecule has 0 aromatic carbocycles. The van der Waals surface area contributed by atoms with Gasteiger partial charge in [0, 0.05) is 43.9 Å². The molecule has 2 aliphatic rings. The van der Waals surface area contributed by atoms with Crippen molar-refractivity contribution in [2.45, 2.75) is 63.5 Å². The highest BCUT2D eigenvalue weighted by Crippen LogP contribution is 2.34. The van der Waals surface area contributed by atoms with Gasteiger partial charge in [-0.05, 0) is 39.3 Å². The highest BCUT2D eigenvalue weighted by Gasteiger charge is 2.24. The van der Waals surface area contributed by atoms with Gasteiger partial charge in [-0.3, -0.25) is 9.58 Å². The zero-order valence-electron chi connectivity index (χ0n) is 14.1. The van der Waals surface area contributed by atoms with Gasteiger partial charge in [-0.15, -0.1) is 12.4 Å². The first-order valence-corrected chi connectivity index (χ1v) is 8.68. The summed E-state index contributed by atoms with van der Waals surface area (Å²) in [5.41, 5.74) is 2.87. The minimum atomic E-state index is 0. The molecular formula is C17H31ClN4. The molecule has 2 heterocycles. The predicted octanol–water partition coefficient (Wildman–Crippen LogP) is 3.07. The van der Waals surface area contributed by atoms with Gasteiger partial charge in [0.2, 0.25) is 0 Å². The number of nitrogens with one attached hydrogen (secondary N) is 1. The summed E-state index contributed by atoms with van der Waals surface area (Å²) in [4.78, 5) is 2.61. The summed E-state index contributed by atoms with van der Waals surface area (Å²) >= 11 is 0. The highest BCUT2D eigenvalue weighted by molar-refractivity contribution is 5.85. The molecule has 1 aromatic heterocycles. The Morgan fingerprint density at radius 3 is 2.68 bits per heavy atom. The minimum Gasteiger partial charge on any atom is -0.316 e. The lowest BCUT2D eigenvalue weighted by Gasteiger charge is -2.32. The van der Waals surface area contributed by atoms with E-state index in [1.807, 2.05) is 4.68 Å². The van der Waals surface area contributed by atoms with E-state index >= 15 is 0 Å². The van der Waals surface area contributed by atoms with Crippen LogP contribution in [0.1, 0.15) is 62.1 Å². The molecule has 2 fully saturated rings. The van der Waals surface area contributed by atoms with Gasteiger partial charge in [0.15, 0.2) is 0 Å². The van der Waals surface area contributed by atoms with Gasteiger partial charge < -0.3 is 5.32 Å². The molecule has 1 saturated heterocycles. The molecule has 0 bridgehead atoms. The van der Waals surface area contributed by atoms with Crippen LogP contribution in [0.25, 0.3) is 0 Å². The van der Waals surface area contributed by atoms with Gasteiger partial charge in [-0.25, -0.2) is 0 Å². The fourth-order valence-corrected chi connectivity index (χ4v) is 4.07. The van der Waals surface area contributed by atoms with Crippen LogP contribution >= 0.6 is 12.4 Å². The zero-order valence-corrected chi connectivity index (χ0v) is 14.9. The minimum absolute atomic E-state index is 0. The first-order chi connectivity index (χ1) is 10.3. The standard InChI is InChI=1S/C17H30N4.ClH/c1-18-16-9-6-10-21(13-16)12-15-11-20(2)19-17(15)14-7-4-3-5-8-14;/h11,14,16,18H,3-10,12-13H2,1-2H3;1H. The molecule has 1 aromatic rings. The second kappa shape index (κ2) is 8.32. The number of hydrogen-bond acceptors (Lipinski definition) is 3. The summed E-state index contributed by atoms with van der Waals surface area (Å²) in [5, 5.41) is 8.25. The summed E-state index contributed by atoms with van der Waals surface area (Å²) in [6.45, 7) is 3.49. The molecule has 0 amide bonds. The van der Waals surface area contributed by atoms with E-state index in [9.17, 15) is 0 Å². The lowest BCUT2D eigenvalue weighted by atomic mass is 9.85. The Hall–Kier alpha value is -0.580. The van der Waals surface area contributed by atoms with Gasteiger partial charge in [-0.2, -0.15) is 5.10 Å². The van der Waals surface area contributed by atoms with E-state index in [2.05, 4.69) is 30.5 Å². The zero-order chi connectivity index (χ0) is 14.7. The summed E-state index contributed by atoms with van der Waals surface area (Å²) in [5.74, 6) is 0.708. The summed E-state index contributed by atoms with van der Waals surface area (Å²) in [7, 11) is 4.16. The van der Waals surface area contributed by atoms with E-state index in [1.165, 1.54) is 69.3 Å². The third kappa shape index (κ3) is 4.24. The van der Waals surface area contributed by atoms with Crippen molar-refractivity contribution in [1.29, 1.82) is 0 Å².